The Morgan fingerprint density at radius 2 is 2.12 bits per heavy atom. The molecule has 0 aliphatic heterocycles. The highest BCUT2D eigenvalue weighted by Crippen LogP contribution is 2.31. The second-order valence-corrected chi connectivity index (χ2v) is 3.70. The summed E-state index contributed by atoms with van der Waals surface area (Å²) in [6, 6.07) is 0.304. The lowest BCUT2D eigenvalue weighted by molar-refractivity contribution is -0.383. The van der Waals surface area contributed by atoms with Gasteiger partial charge in [-0.1, -0.05) is 0 Å². The van der Waals surface area contributed by atoms with Crippen LogP contribution in [0.2, 0.25) is 0 Å². The van der Waals surface area contributed by atoms with Crippen LogP contribution in [0.1, 0.15) is 19.3 Å². The van der Waals surface area contributed by atoms with Gasteiger partial charge in [-0.2, -0.15) is 0 Å². The first-order valence-corrected chi connectivity index (χ1v) is 5.16. The van der Waals surface area contributed by atoms with Crippen LogP contribution in [0.4, 0.5) is 17.3 Å². The number of anilines is 2. The van der Waals surface area contributed by atoms with Crippen molar-refractivity contribution in [3.05, 3.63) is 16.4 Å². The van der Waals surface area contributed by atoms with Crippen LogP contribution in [0.5, 0.6) is 0 Å². The molecule has 0 unspecified atom stereocenters. The molecule has 1 aliphatic carbocycles. The molecular weight excluding hydrogens is 210 g/mol. The zero-order valence-electron chi connectivity index (χ0n) is 8.93. The summed E-state index contributed by atoms with van der Waals surface area (Å²) < 4.78 is 0. The molecule has 0 radical (unpaired) electrons. The van der Waals surface area contributed by atoms with Gasteiger partial charge in [0.1, 0.15) is 6.33 Å². The fourth-order valence-corrected chi connectivity index (χ4v) is 1.59. The van der Waals surface area contributed by atoms with Crippen molar-refractivity contribution in [3.63, 3.8) is 0 Å². The number of hydrogen-bond donors (Lipinski definition) is 2. The first-order valence-electron chi connectivity index (χ1n) is 5.16. The largest absolute Gasteiger partial charge is 0.367 e. The molecule has 2 rings (SSSR count). The molecule has 1 fully saturated rings. The SMILES string of the molecule is CNc1ncnc(NC2CCC2)c1[N+](=O)[O-]. The monoisotopic (exact) mass is 223 g/mol. The van der Waals surface area contributed by atoms with Crippen molar-refractivity contribution in [2.24, 2.45) is 0 Å². The Bertz CT molecular complexity index is 405. The average molecular weight is 223 g/mol. The Hall–Kier alpha value is -1.92. The van der Waals surface area contributed by atoms with Gasteiger partial charge in [-0.25, -0.2) is 9.97 Å². The van der Waals surface area contributed by atoms with E-state index in [2.05, 4.69) is 20.6 Å². The molecule has 7 nitrogen and oxygen atoms in total. The van der Waals surface area contributed by atoms with Gasteiger partial charge in [0.05, 0.1) is 4.92 Å². The normalized spacial score (nSPS) is 15.3. The van der Waals surface area contributed by atoms with Crippen molar-refractivity contribution >= 4 is 17.3 Å². The van der Waals surface area contributed by atoms with Gasteiger partial charge in [0, 0.05) is 13.1 Å². The number of nitro groups is 1. The minimum absolute atomic E-state index is 0.0862. The van der Waals surface area contributed by atoms with E-state index < -0.39 is 4.92 Å². The summed E-state index contributed by atoms with van der Waals surface area (Å²) in [4.78, 5) is 18.2. The van der Waals surface area contributed by atoms with Gasteiger partial charge in [0.25, 0.3) is 0 Å². The second kappa shape index (κ2) is 4.30. The molecule has 0 atom stereocenters. The summed E-state index contributed by atoms with van der Waals surface area (Å²) >= 11 is 0. The molecule has 2 N–H and O–H groups in total. The molecule has 0 aromatic carbocycles. The molecule has 1 aromatic heterocycles. The number of nitrogens with one attached hydrogen (secondary N) is 2. The van der Waals surface area contributed by atoms with E-state index in [0.717, 1.165) is 19.3 Å². The van der Waals surface area contributed by atoms with E-state index in [1.165, 1.54) is 6.33 Å². The molecule has 0 bridgehead atoms. The molecule has 0 amide bonds. The standard InChI is InChI=1S/C9H13N5O2/c1-10-8-7(14(15)16)9(12-5-11-8)13-6-3-2-4-6/h5-6H,2-4H2,1H3,(H2,10,11,12,13). The zero-order valence-corrected chi connectivity index (χ0v) is 8.93. The number of nitrogens with zero attached hydrogens (tertiary/aromatic N) is 3. The van der Waals surface area contributed by atoms with Crippen LogP contribution >= 0.6 is 0 Å². The van der Waals surface area contributed by atoms with Crippen molar-refractivity contribution in [1.82, 2.24) is 9.97 Å². The van der Waals surface area contributed by atoms with Gasteiger partial charge < -0.3 is 10.6 Å². The van der Waals surface area contributed by atoms with Crippen LogP contribution < -0.4 is 10.6 Å². The number of aromatic nitrogens is 2. The molecular formula is C9H13N5O2. The first-order chi connectivity index (χ1) is 7.72. The fourth-order valence-electron chi connectivity index (χ4n) is 1.59. The lowest BCUT2D eigenvalue weighted by Gasteiger charge is -2.26. The summed E-state index contributed by atoms with van der Waals surface area (Å²) in [6.45, 7) is 0. The highest BCUT2D eigenvalue weighted by molar-refractivity contribution is 5.69. The van der Waals surface area contributed by atoms with Gasteiger partial charge in [0.2, 0.25) is 11.6 Å². The third-order valence-corrected chi connectivity index (χ3v) is 2.69. The van der Waals surface area contributed by atoms with Crippen LogP contribution in [0, 0.1) is 10.1 Å². The van der Waals surface area contributed by atoms with Crippen molar-refractivity contribution in [1.29, 1.82) is 0 Å². The van der Waals surface area contributed by atoms with Crippen LogP contribution in [0.15, 0.2) is 6.33 Å². The smallest absolute Gasteiger partial charge is 0.353 e. The van der Waals surface area contributed by atoms with Gasteiger partial charge in [-0.05, 0) is 19.3 Å². The Labute approximate surface area is 92.4 Å². The average Bonchev–Trinajstić information content (AvgIpc) is 2.22. The molecule has 7 heteroatoms. The van der Waals surface area contributed by atoms with E-state index >= 15 is 0 Å². The van der Waals surface area contributed by atoms with Gasteiger partial charge in [-0.15, -0.1) is 0 Å². The van der Waals surface area contributed by atoms with Crippen LogP contribution in [0.3, 0.4) is 0 Å². The summed E-state index contributed by atoms with van der Waals surface area (Å²) in [5, 5.41) is 16.7. The Morgan fingerprint density at radius 3 is 2.62 bits per heavy atom. The van der Waals surface area contributed by atoms with Gasteiger partial charge in [-0.3, -0.25) is 10.1 Å². The van der Waals surface area contributed by atoms with Crippen molar-refractivity contribution < 1.29 is 4.92 Å². The van der Waals surface area contributed by atoms with Gasteiger partial charge >= 0.3 is 5.69 Å². The van der Waals surface area contributed by atoms with E-state index in [0.29, 0.717) is 11.9 Å². The van der Waals surface area contributed by atoms with Crippen LogP contribution in [-0.2, 0) is 0 Å². The highest BCUT2D eigenvalue weighted by atomic mass is 16.6. The van der Waals surface area contributed by atoms with Crippen molar-refractivity contribution in [3.8, 4) is 0 Å². The Balaban J connectivity index is 2.30. The minimum atomic E-state index is -0.465. The minimum Gasteiger partial charge on any atom is -0.367 e. The number of rotatable bonds is 4. The quantitative estimate of drug-likeness (QED) is 0.591. The van der Waals surface area contributed by atoms with E-state index in [-0.39, 0.29) is 11.5 Å². The summed E-state index contributed by atoms with van der Waals surface area (Å²) in [5.41, 5.74) is -0.0862. The highest BCUT2D eigenvalue weighted by Gasteiger charge is 2.26. The first kappa shape index (κ1) is 10.6. The summed E-state index contributed by atoms with van der Waals surface area (Å²) in [7, 11) is 1.60. The summed E-state index contributed by atoms with van der Waals surface area (Å²) in [6.07, 6.45) is 4.56. The maximum atomic E-state index is 10.9. The van der Waals surface area contributed by atoms with E-state index in [1.54, 1.807) is 7.05 Å². The van der Waals surface area contributed by atoms with Crippen LogP contribution in [-0.4, -0.2) is 28.0 Å². The molecule has 86 valence electrons. The molecule has 1 aromatic rings. The second-order valence-electron chi connectivity index (χ2n) is 3.70. The van der Waals surface area contributed by atoms with Crippen LogP contribution in [0.25, 0.3) is 0 Å². The van der Waals surface area contributed by atoms with Gasteiger partial charge in [0.15, 0.2) is 0 Å². The zero-order chi connectivity index (χ0) is 11.5. The molecule has 0 saturated heterocycles. The van der Waals surface area contributed by atoms with E-state index in [1.807, 2.05) is 0 Å². The fraction of sp³-hybridized carbons (Fsp3) is 0.556. The number of hydrogen-bond acceptors (Lipinski definition) is 6. The maximum Gasteiger partial charge on any atom is 0.353 e. The molecule has 16 heavy (non-hydrogen) atoms. The summed E-state index contributed by atoms with van der Waals surface area (Å²) in [5.74, 6) is 0.538. The third kappa shape index (κ3) is 1.88. The molecule has 1 heterocycles. The Kier molecular flexibility index (Phi) is 2.84. The molecule has 1 aliphatic rings. The molecule has 0 spiro atoms. The lowest BCUT2D eigenvalue weighted by atomic mass is 9.93. The molecule has 1 saturated carbocycles. The van der Waals surface area contributed by atoms with E-state index in [4.69, 9.17) is 0 Å². The van der Waals surface area contributed by atoms with Crippen molar-refractivity contribution in [2.45, 2.75) is 25.3 Å². The van der Waals surface area contributed by atoms with Crippen molar-refractivity contribution in [2.75, 3.05) is 17.7 Å². The maximum absolute atomic E-state index is 10.9. The third-order valence-electron chi connectivity index (χ3n) is 2.69. The Morgan fingerprint density at radius 1 is 1.44 bits per heavy atom. The topological polar surface area (TPSA) is 93.0 Å². The predicted octanol–water partition coefficient (Wildman–Crippen LogP) is 1.39. The predicted molar refractivity (Wildman–Crippen MR) is 59.5 cm³/mol. The lowest BCUT2D eigenvalue weighted by Crippen LogP contribution is -2.28. The van der Waals surface area contributed by atoms with E-state index in [9.17, 15) is 10.1 Å².